The van der Waals surface area contributed by atoms with E-state index in [2.05, 4.69) is 15.6 Å². The van der Waals surface area contributed by atoms with Gasteiger partial charge in [-0.05, 0) is 30.9 Å². The van der Waals surface area contributed by atoms with Gasteiger partial charge in [-0.25, -0.2) is 4.79 Å². The van der Waals surface area contributed by atoms with Crippen molar-refractivity contribution in [1.82, 2.24) is 10.3 Å². The van der Waals surface area contributed by atoms with Crippen LogP contribution in [0.3, 0.4) is 0 Å². The van der Waals surface area contributed by atoms with Gasteiger partial charge in [-0.2, -0.15) is 0 Å². The van der Waals surface area contributed by atoms with E-state index in [4.69, 9.17) is 0 Å². The average molecular weight is 241 g/mol. The predicted octanol–water partition coefficient (Wildman–Crippen LogP) is 2.77. The van der Waals surface area contributed by atoms with Gasteiger partial charge in [0.15, 0.2) is 0 Å². The molecule has 1 aromatic carbocycles. The molecule has 18 heavy (non-hydrogen) atoms. The number of amides is 2. The van der Waals surface area contributed by atoms with Crippen LogP contribution in [0.4, 0.5) is 10.5 Å². The predicted molar refractivity (Wildman–Crippen MR) is 71.5 cm³/mol. The van der Waals surface area contributed by atoms with Crippen LogP contribution in [0.1, 0.15) is 12.8 Å². The van der Waals surface area contributed by atoms with E-state index in [0.717, 1.165) is 23.1 Å². The van der Waals surface area contributed by atoms with E-state index in [9.17, 15) is 4.79 Å². The number of benzene rings is 1. The first-order valence-corrected chi connectivity index (χ1v) is 6.21. The summed E-state index contributed by atoms with van der Waals surface area (Å²) < 4.78 is 0. The highest BCUT2D eigenvalue weighted by Crippen LogP contribution is 2.27. The van der Waals surface area contributed by atoms with Gasteiger partial charge in [0, 0.05) is 18.1 Å². The number of carbonyl (C=O) groups is 1. The van der Waals surface area contributed by atoms with Crippen LogP contribution in [-0.4, -0.2) is 17.6 Å². The van der Waals surface area contributed by atoms with E-state index in [1.165, 1.54) is 12.8 Å². The van der Waals surface area contributed by atoms with Crippen molar-refractivity contribution in [3.63, 3.8) is 0 Å². The van der Waals surface area contributed by atoms with Crippen molar-refractivity contribution in [1.29, 1.82) is 0 Å². The van der Waals surface area contributed by atoms with Gasteiger partial charge in [-0.3, -0.25) is 4.98 Å². The SMILES string of the molecule is O=C(NCC1CC1)Nc1ccnc2ccccc12. The Morgan fingerprint density at radius 3 is 2.94 bits per heavy atom. The minimum atomic E-state index is -0.141. The summed E-state index contributed by atoms with van der Waals surface area (Å²) in [5.74, 6) is 0.685. The van der Waals surface area contributed by atoms with E-state index < -0.39 is 0 Å². The number of carbonyl (C=O) groups excluding carboxylic acids is 1. The number of anilines is 1. The summed E-state index contributed by atoms with van der Waals surface area (Å²) in [6.45, 7) is 0.773. The van der Waals surface area contributed by atoms with Crippen LogP contribution in [-0.2, 0) is 0 Å². The Bertz CT molecular complexity index is 573. The molecule has 4 heteroatoms. The molecular formula is C14H15N3O. The quantitative estimate of drug-likeness (QED) is 0.868. The van der Waals surface area contributed by atoms with Crippen molar-refractivity contribution >= 4 is 22.6 Å². The molecule has 1 aliphatic rings. The number of para-hydroxylation sites is 1. The molecule has 92 valence electrons. The molecule has 0 unspecified atom stereocenters. The van der Waals surface area contributed by atoms with Gasteiger partial charge in [0.25, 0.3) is 0 Å². The molecule has 2 N–H and O–H groups in total. The smallest absolute Gasteiger partial charge is 0.319 e. The Morgan fingerprint density at radius 2 is 2.11 bits per heavy atom. The van der Waals surface area contributed by atoms with Crippen LogP contribution in [0.5, 0.6) is 0 Å². The lowest BCUT2D eigenvalue weighted by Crippen LogP contribution is -2.30. The van der Waals surface area contributed by atoms with Gasteiger partial charge >= 0.3 is 6.03 Å². The summed E-state index contributed by atoms with van der Waals surface area (Å²) in [5, 5.41) is 6.73. The molecule has 0 saturated heterocycles. The molecule has 1 saturated carbocycles. The summed E-state index contributed by atoms with van der Waals surface area (Å²) in [5.41, 5.74) is 1.69. The standard InChI is InChI=1S/C14H15N3O/c18-14(16-9-10-5-6-10)17-13-7-8-15-12-4-2-1-3-11(12)13/h1-4,7-8,10H,5-6,9H2,(H2,15,16,17,18). The highest BCUT2D eigenvalue weighted by atomic mass is 16.2. The highest BCUT2D eigenvalue weighted by Gasteiger charge is 2.21. The normalized spacial score (nSPS) is 14.4. The molecule has 0 aliphatic heterocycles. The monoisotopic (exact) mass is 241 g/mol. The van der Waals surface area contributed by atoms with Crippen LogP contribution in [0.25, 0.3) is 10.9 Å². The Kier molecular flexibility index (Phi) is 2.84. The van der Waals surface area contributed by atoms with Gasteiger partial charge < -0.3 is 10.6 Å². The number of pyridine rings is 1. The van der Waals surface area contributed by atoms with Gasteiger partial charge in [-0.15, -0.1) is 0 Å². The summed E-state index contributed by atoms with van der Waals surface area (Å²) in [6, 6.07) is 9.45. The number of aromatic nitrogens is 1. The van der Waals surface area contributed by atoms with Crippen LogP contribution in [0.15, 0.2) is 36.5 Å². The summed E-state index contributed by atoms with van der Waals surface area (Å²) in [4.78, 5) is 16.0. The second kappa shape index (κ2) is 4.64. The lowest BCUT2D eigenvalue weighted by molar-refractivity contribution is 0.251. The van der Waals surface area contributed by atoms with E-state index in [-0.39, 0.29) is 6.03 Å². The second-order valence-corrected chi connectivity index (χ2v) is 4.65. The first-order chi connectivity index (χ1) is 8.83. The molecule has 0 radical (unpaired) electrons. The number of nitrogens with one attached hydrogen (secondary N) is 2. The van der Waals surface area contributed by atoms with E-state index in [0.29, 0.717) is 5.92 Å². The summed E-state index contributed by atoms with van der Waals surface area (Å²) in [7, 11) is 0. The summed E-state index contributed by atoms with van der Waals surface area (Å²) >= 11 is 0. The highest BCUT2D eigenvalue weighted by molar-refractivity contribution is 6.00. The van der Waals surface area contributed by atoms with E-state index in [1.807, 2.05) is 30.3 Å². The number of urea groups is 1. The molecule has 0 bridgehead atoms. The fourth-order valence-corrected chi connectivity index (χ4v) is 1.93. The van der Waals surface area contributed by atoms with E-state index in [1.54, 1.807) is 6.20 Å². The Balaban J connectivity index is 1.74. The molecule has 1 heterocycles. The fourth-order valence-electron chi connectivity index (χ4n) is 1.93. The van der Waals surface area contributed by atoms with Crippen LogP contribution < -0.4 is 10.6 Å². The van der Waals surface area contributed by atoms with Crippen LogP contribution in [0.2, 0.25) is 0 Å². The topological polar surface area (TPSA) is 54.0 Å². The molecule has 0 spiro atoms. The Hall–Kier alpha value is -2.10. The number of rotatable bonds is 3. The van der Waals surface area contributed by atoms with Gasteiger partial charge in [-0.1, -0.05) is 18.2 Å². The zero-order valence-corrected chi connectivity index (χ0v) is 10.0. The number of fused-ring (bicyclic) bond motifs is 1. The first kappa shape index (κ1) is 11.0. The molecule has 1 aromatic heterocycles. The molecule has 2 amide bonds. The third-order valence-corrected chi connectivity index (χ3v) is 3.15. The van der Waals surface area contributed by atoms with Crippen molar-refractivity contribution in [2.75, 3.05) is 11.9 Å². The molecule has 1 fully saturated rings. The van der Waals surface area contributed by atoms with Crippen molar-refractivity contribution in [2.45, 2.75) is 12.8 Å². The third-order valence-electron chi connectivity index (χ3n) is 3.15. The van der Waals surface area contributed by atoms with Crippen LogP contribution in [0, 0.1) is 5.92 Å². The largest absolute Gasteiger partial charge is 0.338 e. The first-order valence-electron chi connectivity index (χ1n) is 6.21. The fraction of sp³-hybridized carbons (Fsp3) is 0.286. The number of hydrogen-bond donors (Lipinski definition) is 2. The van der Waals surface area contributed by atoms with Crippen LogP contribution >= 0.6 is 0 Å². The second-order valence-electron chi connectivity index (χ2n) is 4.65. The lowest BCUT2D eigenvalue weighted by Gasteiger charge is -2.09. The zero-order valence-electron chi connectivity index (χ0n) is 10.0. The molecule has 1 aliphatic carbocycles. The lowest BCUT2D eigenvalue weighted by atomic mass is 10.2. The molecule has 3 rings (SSSR count). The maximum absolute atomic E-state index is 11.7. The van der Waals surface area contributed by atoms with Gasteiger partial charge in [0.1, 0.15) is 0 Å². The zero-order chi connectivity index (χ0) is 12.4. The maximum atomic E-state index is 11.7. The average Bonchev–Trinajstić information content (AvgIpc) is 3.21. The van der Waals surface area contributed by atoms with Crippen molar-refractivity contribution in [3.05, 3.63) is 36.5 Å². The minimum absolute atomic E-state index is 0.141. The van der Waals surface area contributed by atoms with Crippen molar-refractivity contribution in [3.8, 4) is 0 Å². The van der Waals surface area contributed by atoms with Gasteiger partial charge in [0.05, 0.1) is 11.2 Å². The van der Waals surface area contributed by atoms with Crippen molar-refractivity contribution in [2.24, 2.45) is 5.92 Å². The van der Waals surface area contributed by atoms with E-state index >= 15 is 0 Å². The van der Waals surface area contributed by atoms with Crippen molar-refractivity contribution < 1.29 is 4.79 Å². The molecule has 4 nitrogen and oxygen atoms in total. The molecule has 2 aromatic rings. The number of nitrogens with zero attached hydrogens (tertiary/aromatic N) is 1. The minimum Gasteiger partial charge on any atom is -0.338 e. The number of hydrogen-bond acceptors (Lipinski definition) is 2. The molecular weight excluding hydrogens is 226 g/mol. The third kappa shape index (κ3) is 2.42. The van der Waals surface area contributed by atoms with Gasteiger partial charge in [0.2, 0.25) is 0 Å². The Labute approximate surface area is 105 Å². The summed E-state index contributed by atoms with van der Waals surface area (Å²) in [6.07, 6.45) is 4.18. The Morgan fingerprint density at radius 1 is 1.28 bits per heavy atom. The molecule has 0 atom stereocenters. The maximum Gasteiger partial charge on any atom is 0.319 e.